The maximum absolute atomic E-state index is 14.7. The number of hydrogen-bond acceptors (Lipinski definition) is 9. The molecule has 1 spiro atoms. The molecule has 7 atom stereocenters. The Hall–Kier alpha value is -4.88. The third kappa shape index (κ3) is 6.24. The van der Waals surface area contributed by atoms with Gasteiger partial charge in [0.05, 0.1) is 42.6 Å². The number of aliphatic hydroxyl groups excluding tert-OH is 1. The topological polar surface area (TPSA) is 156 Å². The van der Waals surface area contributed by atoms with Gasteiger partial charge < -0.3 is 29.7 Å². The van der Waals surface area contributed by atoms with Crippen molar-refractivity contribution in [2.45, 2.75) is 69.2 Å². The third-order valence-corrected chi connectivity index (χ3v) is 9.86. The number of hydrogen-bond donors (Lipinski definition) is 2. The summed E-state index contributed by atoms with van der Waals surface area (Å²) in [6, 6.07) is 14.6. The first-order valence-corrected chi connectivity index (χ1v) is 16.7. The highest BCUT2D eigenvalue weighted by atomic mass is 16.6. The average Bonchev–Trinajstić information content (AvgIpc) is 3.88. The molecule has 1 aromatic heterocycles. The summed E-state index contributed by atoms with van der Waals surface area (Å²) in [7, 11) is 0. The van der Waals surface area contributed by atoms with Crippen LogP contribution >= 0.6 is 0 Å². The fourth-order valence-electron chi connectivity index (χ4n) is 7.57. The molecule has 2 bridgehead atoms. The van der Waals surface area contributed by atoms with Gasteiger partial charge in [-0.1, -0.05) is 59.8 Å². The number of nitrogens with zero attached hydrogens (tertiary/aromatic N) is 5. The van der Waals surface area contributed by atoms with E-state index in [0.29, 0.717) is 30.3 Å². The van der Waals surface area contributed by atoms with Gasteiger partial charge in [0.1, 0.15) is 29.9 Å². The zero-order chi connectivity index (χ0) is 34.7. The number of carbonyl (C=O) groups is 4. The molecule has 3 saturated heterocycles. The molecule has 0 radical (unpaired) electrons. The van der Waals surface area contributed by atoms with Crippen LogP contribution in [0, 0.1) is 11.8 Å². The number of ether oxygens (including phenoxy) is 2. The van der Waals surface area contributed by atoms with Gasteiger partial charge in [-0.3, -0.25) is 19.2 Å². The summed E-state index contributed by atoms with van der Waals surface area (Å²) in [4.78, 5) is 58.5. The first kappa shape index (κ1) is 34.0. The Balaban J connectivity index is 1.29. The van der Waals surface area contributed by atoms with Gasteiger partial charge in [0.25, 0.3) is 0 Å². The number of carbonyl (C=O) groups excluding carboxylic acids is 4. The van der Waals surface area contributed by atoms with Crippen LogP contribution in [0.3, 0.4) is 0 Å². The van der Waals surface area contributed by atoms with E-state index in [1.165, 1.54) is 9.80 Å². The molecule has 0 saturated carbocycles. The molecule has 3 fully saturated rings. The molecule has 13 nitrogen and oxygen atoms in total. The van der Waals surface area contributed by atoms with Crippen LogP contribution in [-0.2, 0) is 35.3 Å². The summed E-state index contributed by atoms with van der Waals surface area (Å²) in [6.45, 7) is 8.98. The molecule has 3 amide bonds. The second-order valence-electron chi connectivity index (χ2n) is 12.9. The van der Waals surface area contributed by atoms with Crippen LogP contribution in [0.15, 0.2) is 79.9 Å². The Morgan fingerprint density at radius 2 is 1.92 bits per heavy atom. The number of benzene rings is 2. The molecule has 4 heterocycles. The highest BCUT2D eigenvalue weighted by molar-refractivity contribution is 5.98. The normalized spacial score (nSPS) is 25.1. The van der Waals surface area contributed by atoms with Gasteiger partial charge in [0, 0.05) is 13.0 Å². The average molecular weight is 671 g/mol. The number of allylic oxidation sites excluding steroid dienone is 1. The van der Waals surface area contributed by atoms with Gasteiger partial charge >= 0.3 is 5.97 Å². The molecule has 13 heteroatoms. The summed E-state index contributed by atoms with van der Waals surface area (Å²) in [5, 5.41) is 21.5. The van der Waals surface area contributed by atoms with Crippen molar-refractivity contribution in [2.24, 2.45) is 11.8 Å². The fourth-order valence-corrected chi connectivity index (χ4v) is 7.57. The number of fused-ring (bicyclic) bond motifs is 2. The molecule has 2 N–H and O–H groups in total. The van der Waals surface area contributed by atoms with Crippen molar-refractivity contribution in [2.75, 3.05) is 19.7 Å². The van der Waals surface area contributed by atoms with Crippen molar-refractivity contribution in [1.82, 2.24) is 30.1 Å². The van der Waals surface area contributed by atoms with Crippen LogP contribution in [0.5, 0.6) is 0 Å². The molecule has 3 aromatic rings. The second kappa shape index (κ2) is 14.3. The lowest BCUT2D eigenvalue weighted by atomic mass is 9.70. The van der Waals surface area contributed by atoms with E-state index in [1.807, 2.05) is 42.5 Å². The largest absolute Gasteiger partial charge is 0.455 e. The molecule has 49 heavy (non-hydrogen) atoms. The second-order valence-corrected chi connectivity index (χ2v) is 12.9. The van der Waals surface area contributed by atoms with E-state index >= 15 is 0 Å². The van der Waals surface area contributed by atoms with Gasteiger partial charge in [0.15, 0.2) is 0 Å². The minimum absolute atomic E-state index is 0.0321. The maximum Gasteiger partial charge on any atom is 0.313 e. The Morgan fingerprint density at radius 3 is 2.65 bits per heavy atom. The molecule has 2 aromatic carbocycles. The molecule has 0 unspecified atom stereocenters. The van der Waals surface area contributed by atoms with Crippen molar-refractivity contribution < 1.29 is 33.8 Å². The van der Waals surface area contributed by atoms with Gasteiger partial charge in [-0.05, 0) is 43.9 Å². The number of esters is 1. The molecular formula is C36H42N6O7. The lowest BCUT2D eigenvalue weighted by molar-refractivity contribution is -0.161. The van der Waals surface area contributed by atoms with Gasteiger partial charge in [-0.25, -0.2) is 4.68 Å². The van der Waals surface area contributed by atoms with Crippen LogP contribution in [0.2, 0.25) is 0 Å². The smallest absolute Gasteiger partial charge is 0.313 e. The number of rotatable bonds is 15. The minimum Gasteiger partial charge on any atom is -0.455 e. The van der Waals surface area contributed by atoms with Crippen LogP contribution in [-0.4, -0.2) is 97.1 Å². The minimum atomic E-state index is -1.31. The Labute approximate surface area is 284 Å². The fraction of sp³-hybridized carbons (Fsp3) is 0.444. The van der Waals surface area contributed by atoms with Crippen LogP contribution < -0.4 is 5.32 Å². The Bertz CT molecular complexity index is 1730. The first-order valence-electron chi connectivity index (χ1n) is 16.7. The standard InChI is InChI=1S/C36H42N6O7/c1-4-6-16-29(44)37-20-28(24-12-8-7-9-13-24)48-35(47)30-27-17-18-36(49-27)31(30)33(45)42(23(3)21-43)32(36)34(46)40(19-5-2)22-41-26-15-11-10-14-25(26)38-39-41/h4-5,7-15,23,27-28,30-32,43H,1-2,6,16-22H2,3H3,(H,37,44)/t23-,27+,28-,30-,31-,32+,36-/m1/s1. The SMILES string of the molecule is C=CCCC(=O)NC[C@@H](OC(=O)[C@@H]1[C@@H]2CC[C@]3(O2)[C@H](C(=O)N(CC=C)Cn2nnc4ccccc42)N([C@H](C)CO)C(=O)[C@@H]13)c1ccccc1. The number of nitrogens with one attached hydrogen (secondary N) is 1. The predicted octanol–water partition coefficient (Wildman–Crippen LogP) is 2.53. The van der Waals surface area contributed by atoms with Crippen LogP contribution in [0.1, 0.15) is 44.3 Å². The molecule has 3 aliphatic heterocycles. The summed E-state index contributed by atoms with van der Waals surface area (Å²) < 4.78 is 14.3. The van der Waals surface area contributed by atoms with Gasteiger partial charge in [0.2, 0.25) is 17.7 Å². The quantitative estimate of drug-likeness (QED) is 0.183. The van der Waals surface area contributed by atoms with Crippen molar-refractivity contribution in [3.8, 4) is 0 Å². The molecule has 3 aliphatic rings. The van der Waals surface area contributed by atoms with E-state index in [1.54, 1.807) is 35.9 Å². The number of aromatic nitrogens is 3. The predicted molar refractivity (Wildman–Crippen MR) is 178 cm³/mol. The number of amides is 3. The van der Waals surface area contributed by atoms with Crippen LogP contribution in [0.4, 0.5) is 0 Å². The Morgan fingerprint density at radius 1 is 1.16 bits per heavy atom. The van der Waals surface area contributed by atoms with E-state index in [9.17, 15) is 24.3 Å². The first-order chi connectivity index (χ1) is 23.7. The van der Waals surface area contributed by atoms with Crippen LogP contribution in [0.25, 0.3) is 11.0 Å². The van der Waals surface area contributed by atoms with Crippen molar-refractivity contribution >= 4 is 34.7 Å². The zero-order valence-corrected chi connectivity index (χ0v) is 27.5. The van der Waals surface area contributed by atoms with E-state index < -0.39 is 66.1 Å². The lowest BCUT2D eigenvalue weighted by Crippen LogP contribution is -2.58. The van der Waals surface area contributed by atoms with Crippen molar-refractivity contribution in [3.63, 3.8) is 0 Å². The highest BCUT2D eigenvalue weighted by Gasteiger charge is 2.75. The maximum atomic E-state index is 14.7. The van der Waals surface area contributed by atoms with Crippen molar-refractivity contribution in [3.05, 3.63) is 85.5 Å². The monoisotopic (exact) mass is 670 g/mol. The summed E-state index contributed by atoms with van der Waals surface area (Å²) >= 11 is 0. The van der Waals surface area contributed by atoms with Gasteiger partial charge in [-0.2, -0.15) is 0 Å². The summed E-state index contributed by atoms with van der Waals surface area (Å²) in [5.74, 6) is -3.68. The van der Waals surface area contributed by atoms with E-state index in [-0.39, 0.29) is 32.1 Å². The Kier molecular flexibility index (Phi) is 9.93. The van der Waals surface area contributed by atoms with Gasteiger partial charge in [-0.15, -0.1) is 18.3 Å². The number of para-hydroxylation sites is 1. The van der Waals surface area contributed by atoms with E-state index in [4.69, 9.17) is 9.47 Å². The van der Waals surface area contributed by atoms with Crippen molar-refractivity contribution in [1.29, 1.82) is 0 Å². The summed E-state index contributed by atoms with van der Waals surface area (Å²) in [6.07, 6.45) is 3.36. The molecular weight excluding hydrogens is 628 g/mol. The summed E-state index contributed by atoms with van der Waals surface area (Å²) in [5.41, 5.74) is 0.773. The van der Waals surface area contributed by atoms with E-state index in [2.05, 4.69) is 28.8 Å². The molecule has 6 rings (SSSR count). The van der Waals surface area contributed by atoms with E-state index in [0.717, 1.165) is 5.52 Å². The number of aliphatic hydroxyl groups is 1. The third-order valence-electron chi connectivity index (χ3n) is 9.86. The highest BCUT2D eigenvalue weighted by Crippen LogP contribution is 2.59. The number of likely N-dealkylation sites (tertiary alicyclic amines) is 1. The molecule has 0 aliphatic carbocycles. The lowest BCUT2D eigenvalue weighted by Gasteiger charge is -2.38. The molecule has 258 valence electrons. The zero-order valence-electron chi connectivity index (χ0n) is 27.5.